The third-order valence-electron chi connectivity index (χ3n) is 1.67. The van der Waals surface area contributed by atoms with E-state index in [4.69, 9.17) is 9.47 Å². The molecule has 1 atom stereocenters. The van der Waals surface area contributed by atoms with Crippen LogP contribution in [-0.4, -0.2) is 25.8 Å². The maximum absolute atomic E-state index is 11.2. The van der Waals surface area contributed by atoms with Crippen LogP contribution in [0.25, 0.3) is 0 Å². The van der Waals surface area contributed by atoms with Gasteiger partial charge in [-0.3, -0.25) is 4.79 Å². The van der Waals surface area contributed by atoms with E-state index in [2.05, 4.69) is 6.92 Å². The lowest BCUT2D eigenvalue weighted by molar-refractivity contribution is -0.137. The normalized spacial score (nSPS) is 12.9. The second-order valence-electron chi connectivity index (χ2n) is 2.79. The van der Waals surface area contributed by atoms with E-state index in [1.165, 1.54) is 0 Å². The number of methoxy groups -OCH3 is 1. The van der Waals surface area contributed by atoms with Crippen LogP contribution in [0, 0.1) is 0 Å². The first-order valence-corrected chi connectivity index (χ1v) is 4.35. The fourth-order valence-electron chi connectivity index (χ4n) is 0.817. The second kappa shape index (κ2) is 7.25. The van der Waals surface area contributed by atoms with Crippen molar-refractivity contribution in [2.24, 2.45) is 0 Å². The van der Waals surface area contributed by atoms with Gasteiger partial charge in [0, 0.05) is 13.5 Å². The molecule has 3 heteroatoms. The Morgan fingerprint density at radius 1 is 1.50 bits per heavy atom. The molecule has 0 rings (SSSR count). The van der Waals surface area contributed by atoms with Crippen LogP contribution in [0.5, 0.6) is 0 Å². The molecule has 0 aromatic heterocycles. The zero-order chi connectivity index (χ0) is 9.40. The fraction of sp³-hybridized carbons (Fsp3) is 0.889. The molecule has 3 nitrogen and oxygen atoms in total. The van der Waals surface area contributed by atoms with Crippen molar-refractivity contribution in [2.75, 3.05) is 13.9 Å². The van der Waals surface area contributed by atoms with Crippen molar-refractivity contribution in [1.82, 2.24) is 0 Å². The molecule has 0 radical (unpaired) electrons. The van der Waals surface area contributed by atoms with Gasteiger partial charge in [-0.1, -0.05) is 13.3 Å². The average molecular weight is 174 g/mol. The highest BCUT2D eigenvalue weighted by molar-refractivity contribution is 5.82. The summed E-state index contributed by atoms with van der Waals surface area (Å²) in [5.41, 5.74) is 0. The SMILES string of the molecule is CCCCC(=O)[C@H](C)OCOC. The molecule has 0 aromatic rings. The first-order valence-electron chi connectivity index (χ1n) is 4.35. The molecule has 72 valence electrons. The molecule has 0 heterocycles. The van der Waals surface area contributed by atoms with Crippen molar-refractivity contribution in [1.29, 1.82) is 0 Å². The monoisotopic (exact) mass is 174 g/mol. The minimum absolute atomic E-state index is 0.161. The third kappa shape index (κ3) is 5.27. The molecular formula is C9H18O3. The number of hydrogen-bond acceptors (Lipinski definition) is 3. The van der Waals surface area contributed by atoms with Gasteiger partial charge >= 0.3 is 0 Å². The number of Topliss-reactive ketones (excluding diaryl/α,β-unsaturated/α-hetero) is 1. The van der Waals surface area contributed by atoms with E-state index in [-0.39, 0.29) is 18.7 Å². The highest BCUT2D eigenvalue weighted by Crippen LogP contribution is 2.01. The van der Waals surface area contributed by atoms with E-state index < -0.39 is 0 Å². The van der Waals surface area contributed by atoms with Crippen molar-refractivity contribution >= 4 is 5.78 Å². The largest absolute Gasteiger partial charge is 0.359 e. The lowest BCUT2D eigenvalue weighted by Crippen LogP contribution is -2.21. The number of rotatable bonds is 7. The maximum Gasteiger partial charge on any atom is 0.161 e. The van der Waals surface area contributed by atoms with Crippen LogP contribution >= 0.6 is 0 Å². The molecule has 0 fully saturated rings. The smallest absolute Gasteiger partial charge is 0.161 e. The summed E-state index contributed by atoms with van der Waals surface area (Å²) in [6, 6.07) is 0. The van der Waals surface area contributed by atoms with E-state index in [0.717, 1.165) is 12.8 Å². The first-order chi connectivity index (χ1) is 5.72. The Morgan fingerprint density at radius 2 is 2.17 bits per heavy atom. The molecule has 0 saturated heterocycles. The summed E-state index contributed by atoms with van der Waals surface area (Å²) >= 11 is 0. The molecule has 12 heavy (non-hydrogen) atoms. The van der Waals surface area contributed by atoms with Gasteiger partial charge < -0.3 is 9.47 Å². The summed E-state index contributed by atoms with van der Waals surface area (Å²) in [4.78, 5) is 11.2. The molecule has 0 aliphatic heterocycles. The standard InChI is InChI=1S/C9H18O3/c1-4-5-6-9(10)8(2)12-7-11-3/h8H,4-7H2,1-3H3/t8-/m0/s1. The summed E-state index contributed by atoms with van der Waals surface area (Å²) in [7, 11) is 1.54. The van der Waals surface area contributed by atoms with Crippen molar-refractivity contribution in [2.45, 2.75) is 39.2 Å². The van der Waals surface area contributed by atoms with Crippen molar-refractivity contribution in [3.05, 3.63) is 0 Å². The molecule has 0 spiro atoms. The molecular weight excluding hydrogens is 156 g/mol. The van der Waals surface area contributed by atoms with Gasteiger partial charge in [-0.05, 0) is 13.3 Å². The third-order valence-corrected chi connectivity index (χ3v) is 1.67. The van der Waals surface area contributed by atoms with Gasteiger partial charge in [0.25, 0.3) is 0 Å². The highest BCUT2D eigenvalue weighted by atomic mass is 16.7. The predicted octanol–water partition coefficient (Wildman–Crippen LogP) is 1.75. The number of ether oxygens (including phenoxy) is 2. The predicted molar refractivity (Wildman–Crippen MR) is 47.0 cm³/mol. The first kappa shape index (κ1) is 11.6. The van der Waals surface area contributed by atoms with E-state index in [1.807, 2.05) is 0 Å². The maximum atomic E-state index is 11.2. The molecule has 0 aliphatic rings. The van der Waals surface area contributed by atoms with E-state index >= 15 is 0 Å². The van der Waals surface area contributed by atoms with E-state index in [1.54, 1.807) is 14.0 Å². The fourth-order valence-corrected chi connectivity index (χ4v) is 0.817. The number of hydrogen-bond donors (Lipinski definition) is 0. The molecule has 0 aliphatic carbocycles. The van der Waals surface area contributed by atoms with Gasteiger partial charge in [-0.2, -0.15) is 0 Å². The molecule has 0 amide bonds. The van der Waals surface area contributed by atoms with Crippen LogP contribution in [0.15, 0.2) is 0 Å². The Balaban J connectivity index is 3.47. The molecule has 0 saturated carbocycles. The molecule has 0 N–H and O–H groups in total. The van der Waals surface area contributed by atoms with E-state index in [9.17, 15) is 4.79 Å². The van der Waals surface area contributed by atoms with Crippen molar-refractivity contribution < 1.29 is 14.3 Å². The Kier molecular flexibility index (Phi) is 7.00. The highest BCUT2D eigenvalue weighted by Gasteiger charge is 2.11. The minimum Gasteiger partial charge on any atom is -0.359 e. The lowest BCUT2D eigenvalue weighted by atomic mass is 10.1. The van der Waals surface area contributed by atoms with Gasteiger partial charge in [-0.25, -0.2) is 0 Å². The topological polar surface area (TPSA) is 35.5 Å². The molecule has 0 aromatic carbocycles. The average Bonchev–Trinajstić information content (AvgIpc) is 2.10. The van der Waals surface area contributed by atoms with Crippen molar-refractivity contribution in [3.8, 4) is 0 Å². The van der Waals surface area contributed by atoms with Gasteiger partial charge in [0.15, 0.2) is 5.78 Å². The summed E-state index contributed by atoms with van der Waals surface area (Å²) in [5, 5.41) is 0. The van der Waals surface area contributed by atoms with Crippen LogP contribution in [0.1, 0.15) is 33.1 Å². The van der Waals surface area contributed by atoms with Crippen LogP contribution in [0.2, 0.25) is 0 Å². The van der Waals surface area contributed by atoms with Crippen LogP contribution in [0.3, 0.4) is 0 Å². The van der Waals surface area contributed by atoms with Gasteiger partial charge in [-0.15, -0.1) is 0 Å². The quantitative estimate of drug-likeness (QED) is 0.552. The van der Waals surface area contributed by atoms with E-state index in [0.29, 0.717) is 6.42 Å². The van der Waals surface area contributed by atoms with Gasteiger partial charge in [0.1, 0.15) is 12.9 Å². The van der Waals surface area contributed by atoms with Crippen LogP contribution in [-0.2, 0) is 14.3 Å². The Bertz CT molecular complexity index is 123. The van der Waals surface area contributed by atoms with Gasteiger partial charge in [0.05, 0.1) is 0 Å². The molecule has 0 unspecified atom stereocenters. The lowest BCUT2D eigenvalue weighted by Gasteiger charge is -2.10. The zero-order valence-corrected chi connectivity index (χ0v) is 8.13. The number of unbranched alkanes of at least 4 members (excludes halogenated alkanes) is 1. The number of carbonyl (C=O) groups is 1. The summed E-state index contributed by atoms with van der Waals surface area (Å²) in [6.45, 7) is 4.02. The second-order valence-corrected chi connectivity index (χ2v) is 2.79. The van der Waals surface area contributed by atoms with Gasteiger partial charge in [0.2, 0.25) is 0 Å². The van der Waals surface area contributed by atoms with Crippen LogP contribution in [0.4, 0.5) is 0 Å². The Morgan fingerprint density at radius 3 is 2.67 bits per heavy atom. The number of carbonyl (C=O) groups excluding carboxylic acids is 1. The van der Waals surface area contributed by atoms with Crippen molar-refractivity contribution in [3.63, 3.8) is 0 Å². The minimum atomic E-state index is -0.323. The number of ketones is 1. The summed E-state index contributed by atoms with van der Waals surface area (Å²) in [5.74, 6) is 0.161. The summed E-state index contributed by atoms with van der Waals surface area (Å²) < 4.78 is 9.77. The zero-order valence-electron chi connectivity index (χ0n) is 8.13. The Labute approximate surface area is 74.0 Å². The summed E-state index contributed by atoms with van der Waals surface area (Å²) in [6.07, 6.45) is 2.28. The van der Waals surface area contributed by atoms with Crippen LogP contribution < -0.4 is 0 Å². The molecule has 0 bridgehead atoms. The Hall–Kier alpha value is -0.410.